The SMILES string of the molecule is CCn1nc(C)cc1C(=O)NCC1=CCNCC1. The van der Waals surface area contributed by atoms with Crippen molar-refractivity contribution in [1.29, 1.82) is 0 Å². The van der Waals surface area contributed by atoms with Crippen LogP contribution in [0, 0.1) is 6.92 Å². The maximum absolute atomic E-state index is 12.1. The Hall–Kier alpha value is -1.62. The molecule has 1 aliphatic heterocycles. The molecule has 0 spiro atoms. The highest BCUT2D eigenvalue weighted by Crippen LogP contribution is 2.06. The van der Waals surface area contributed by atoms with Gasteiger partial charge in [-0.3, -0.25) is 9.48 Å². The van der Waals surface area contributed by atoms with Crippen LogP contribution in [-0.4, -0.2) is 35.3 Å². The van der Waals surface area contributed by atoms with E-state index in [2.05, 4.69) is 21.8 Å². The zero-order valence-corrected chi connectivity index (χ0v) is 11.0. The van der Waals surface area contributed by atoms with E-state index in [4.69, 9.17) is 0 Å². The van der Waals surface area contributed by atoms with Gasteiger partial charge in [-0.15, -0.1) is 0 Å². The fourth-order valence-corrected chi connectivity index (χ4v) is 2.08. The molecule has 1 aromatic heterocycles. The van der Waals surface area contributed by atoms with Crippen LogP contribution >= 0.6 is 0 Å². The molecule has 0 aromatic carbocycles. The summed E-state index contributed by atoms with van der Waals surface area (Å²) in [5.74, 6) is -0.0446. The van der Waals surface area contributed by atoms with E-state index in [9.17, 15) is 4.79 Å². The third-order valence-electron chi connectivity index (χ3n) is 3.07. The number of nitrogens with one attached hydrogen (secondary N) is 2. The summed E-state index contributed by atoms with van der Waals surface area (Å²) in [6.07, 6.45) is 3.15. The average molecular weight is 248 g/mol. The molecule has 0 atom stereocenters. The van der Waals surface area contributed by atoms with Gasteiger partial charge < -0.3 is 10.6 Å². The van der Waals surface area contributed by atoms with E-state index in [0.29, 0.717) is 18.8 Å². The number of hydrogen-bond acceptors (Lipinski definition) is 3. The number of hydrogen-bond donors (Lipinski definition) is 2. The third kappa shape index (κ3) is 2.98. The Balaban J connectivity index is 1.96. The summed E-state index contributed by atoms with van der Waals surface area (Å²) in [4.78, 5) is 12.1. The number of rotatable bonds is 4. The highest BCUT2D eigenvalue weighted by atomic mass is 16.2. The van der Waals surface area contributed by atoms with Crippen molar-refractivity contribution in [3.05, 3.63) is 29.1 Å². The Labute approximate surface area is 107 Å². The summed E-state index contributed by atoms with van der Waals surface area (Å²) in [5, 5.41) is 10.5. The number of aromatic nitrogens is 2. The van der Waals surface area contributed by atoms with Gasteiger partial charge in [0, 0.05) is 19.6 Å². The second kappa shape index (κ2) is 5.82. The fraction of sp³-hybridized carbons (Fsp3) is 0.538. The normalized spacial score (nSPS) is 15.3. The summed E-state index contributed by atoms with van der Waals surface area (Å²) in [6.45, 7) is 7.12. The zero-order valence-electron chi connectivity index (χ0n) is 11.0. The van der Waals surface area contributed by atoms with Crippen molar-refractivity contribution in [1.82, 2.24) is 20.4 Å². The van der Waals surface area contributed by atoms with E-state index in [-0.39, 0.29) is 5.91 Å². The Kier molecular flexibility index (Phi) is 4.15. The fourth-order valence-electron chi connectivity index (χ4n) is 2.08. The van der Waals surface area contributed by atoms with E-state index in [1.54, 1.807) is 4.68 Å². The van der Waals surface area contributed by atoms with Crippen molar-refractivity contribution < 1.29 is 4.79 Å². The number of nitrogens with zero attached hydrogens (tertiary/aromatic N) is 2. The van der Waals surface area contributed by atoms with Crippen molar-refractivity contribution in [2.45, 2.75) is 26.8 Å². The molecule has 1 amide bonds. The first kappa shape index (κ1) is 12.8. The highest BCUT2D eigenvalue weighted by Gasteiger charge is 2.13. The molecule has 98 valence electrons. The molecular weight excluding hydrogens is 228 g/mol. The van der Waals surface area contributed by atoms with Crippen LogP contribution in [0.1, 0.15) is 29.5 Å². The monoisotopic (exact) mass is 248 g/mol. The van der Waals surface area contributed by atoms with E-state index in [0.717, 1.165) is 25.2 Å². The van der Waals surface area contributed by atoms with E-state index < -0.39 is 0 Å². The minimum absolute atomic E-state index is 0.0446. The second-order valence-corrected chi connectivity index (χ2v) is 4.49. The standard InChI is InChI=1S/C13H20N4O/c1-3-17-12(8-10(2)16-17)13(18)15-9-11-4-6-14-7-5-11/h4,8,14H,3,5-7,9H2,1-2H3,(H,15,18). The van der Waals surface area contributed by atoms with Gasteiger partial charge in [-0.2, -0.15) is 5.10 Å². The van der Waals surface area contributed by atoms with Crippen molar-refractivity contribution in [2.75, 3.05) is 19.6 Å². The van der Waals surface area contributed by atoms with Gasteiger partial charge in [0.15, 0.2) is 0 Å². The lowest BCUT2D eigenvalue weighted by molar-refractivity contribution is 0.0946. The van der Waals surface area contributed by atoms with Crippen LogP contribution in [0.25, 0.3) is 0 Å². The Bertz CT molecular complexity index is 462. The molecule has 0 fully saturated rings. The average Bonchev–Trinajstić information content (AvgIpc) is 2.78. The summed E-state index contributed by atoms with van der Waals surface area (Å²) < 4.78 is 1.74. The van der Waals surface area contributed by atoms with E-state index in [1.165, 1.54) is 5.57 Å². The molecule has 18 heavy (non-hydrogen) atoms. The smallest absolute Gasteiger partial charge is 0.269 e. The van der Waals surface area contributed by atoms with Crippen LogP contribution in [0.3, 0.4) is 0 Å². The first-order valence-electron chi connectivity index (χ1n) is 6.42. The summed E-state index contributed by atoms with van der Waals surface area (Å²) in [6, 6.07) is 1.83. The summed E-state index contributed by atoms with van der Waals surface area (Å²) in [5.41, 5.74) is 2.81. The highest BCUT2D eigenvalue weighted by molar-refractivity contribution is 5.92. The van der Waals surface area contributed by atoms with Crippen molar-refractivity contribution in [2.24, 2.45) is 0 Å². The number of amides is 1. The van der Waals surface area contributed by atoms with Crippen molar-refractivity contribution in [3.8, 4) is 0 Å². The quantitative estimate of drug-likeness (QED) is 0.777. The Morgan fingerprint density at radius 1 is 1.61 bits per heavy atom. The van der Waals surface area contributed by atoms with Gasteiger partial charge in [-0.25, -0.2) is 0 Å². The molecular formula is C13H20N4O. The van der Waals surface area contributed by atoms with Gasteiger partial charge in [0.2, 0.25) is 0 Å². The summed E-state index contributed by atoms with van der Waals surface area (Å²) >= 11 is 0. The minimum atomic E-state index is -0.0446. The molecule has 0 aliphatic carbocycles. The van der Waals surface area contributed by atoms with Crippen LogP contribution in [0.4, 0.5) is 0 Å². The predicted octanol–water partition coefficient (Wildman–Crippen LogP) is 0.861. The predicted molar refractivity (Wildman–Crippen MR) is 70.5 cm³/mol. The lowest BCUT2D eigenvalue weighted by Gasteiger charge is -2.14. The van der Waals surface area contributed by atoms with Gasteiger partial charge in [-0.05, 0) is 32.9 Å². The summed E-state index contributed by atoms with van der Waals surface area (Å²) in [7, 11) is 0. The lowest BCUT2D eigenvalue weighted by Crippen LogP contribution is -2.30. The van der Waals surface area contributed by atoms with E-state index >= 15 is 0 Å². The van der Waals surface area contributed by atoms with Crippen LogP contribution in [0.5, 0.6) is 0 Å². The maximum atomic E-state index is 12.1. The molecule has 0 radical (unpaired) electrons. The molecule has 0 saturated carbocycles. The lowest BCUT2D eigenvalue weighted by atomic mass is 10.1. The molecule has 2 rings (SSSR count). The Morgan fingerprint density at radius 3 is 3.11 bits per heavy atom. The minimum Gasteiger partial charge on any atom is -0.347 e. The van der Waals surface area contributed by atoms with Crippen LogP contribution in [-0.2, 0) is 6.54 Å². The Morgan fingerprint density at radius 2 is 2.44 bits per heavy atom. The van der Waals surface area contributed by atoms with Crippen LogP contribution < -0.4 is 10.6 Å². The van der Waals surface area contributed by atoms with Gasteiger partial charge in [0.05, 0.1) is 5.69 Å². The largest absolute Gasteiger partial charge is 0.347 e. The third-order valence-corrected chi connectivity index (χ3v) is 3.07. The second-order valence-electron chi connectivity index (χ2n) is 4.49. The van der Waals surface area contributed by atoms with Gasteiger partial charge in [-0.1, -0.05) is 11.6 Å². The van der Waals surface area contributed by atoms with Crippen molar-refractivity contribution >= 4 is 5.91 Å². The van der Waals surface area contributed by atoms with Gasteiger partial charge >= 0.3 is 0 Å². The van der Waals surface area contributed by atoms with Crippen LogP contribution in [0.2, 0.25) is 0 Å². The molecule has 5 heteroatoms. The number of carbonyl (C=O) groups excluding carboxylic acids is 1. The zero-order chi connectivity index (χ0) is 13.0. The number of carbonyl (C=O) groups is 1. The molecule has 0 saturated heterocycles. The first-order valence-corrected chi connectivity index (χ1v) is 6.42. The molecule has 5 nitrogen and oxygen atoms in total. The van der Waals surface area contributed by atoms with Gasteiger partial charge in [0.1, 0.15) is 5.69 Å². The molecule has 2 heterocycles. The van der Waals surface area contributed by atoms with Crippen molar-refractivity contribution in [3.63, 3.8) is 0 Å². The molecule has 0 bridgehead atoms. The van der Waals surface area contributed by atoms with Gasteiger partial charge in [0.25, 0.3) is 5.91 Å². The number of aryl methyl sites for hydroxylation is 2. The molecule has 2 N–H and O–H groups in total. The maximum Gasteiger partial charge on any atom is 0.269 e. The molecule has 1 aromatic rings. The molecule has 0 unspecified atom stereocenters. The van der Waals surface area contributed by atoms with E-state index in [1.807, 2.05) is 19.9 Å². The molecule has 1 aliphatic rings. The topological polar surface area (TPSA) is 59.0 Å². The van der Waals surface area contributed by atoms with Crippen LogP contribution in [0.15, 0.2) is 17.7 Å². The first-order chi connectivity index (χ1) is 8.70.